The highest BCUT2D eigenvalue weighted by Crippen LogP contribution is 2.16. The van der Waals surface area contributed by atoms with Gasteiger partial charge in [-0.1, -0.05) is 6.92 Å². The van der Waals surface area contributed by atoms with Gasteiger partial charge in [-0.05, 0) is 38.9 Å². The normalized spacial score (nSPS) is 12.8. The van der Waals surface area contributed by atoms with Crippen molar-refractivity contribution in [2.45, 2.75) is 45.9 Å². The molecule has 96 valence electrons. The summed E-state index contributed by atoms with van der Waals surface area (Å²) in [6.07, 6.45) is 4.87. The van der Waals surface area contributed by atoms with Crippen molar-refractivity contribution < 1.29 is 9.53 Å². The molecular formula is C13H22N2O2. The van der Waals surface area contributed by atoms with Crippen LogP contribution in [0.25, 0.3) is 0 Å². The number of nitrogens with zero attached hydrogens (tertiary/aromatic N) is 1. The zero-order chi connectivity index (χ0) is 12.8. The summed E-state index contributed by atoms with van der Waals surface area (Å²) in [5.41, 5.74) is 1.20. The topological polar surface area (TPSA) is 43.3 Å². The molecule has 0 radical (unpaired) electrons. The van der Waals surface area contributed by atoms with Crippen LogP contribution in [0.1, 0.15) is 38.8 Å². The summed E-state index contributed by atoms with van der Waals surface area (Å²) >= 11 is 0. The minimum Gasteiger partial charge on any atom is -0.462 e. The number of rotatable bonds is 6. The SMILES string of the molecule is CCC(NC)c1ccn(CC(=O)OC(C)C)c1. The zero-order valence-electron chi connectivity index (χ0n) is 11.1. The van der Waals surface area contributed by atoms with Crippen molar-refractivity contribution in [3.05, 3.63) is 24.0 Å². The Morgan fingerprint density at radius 2 is 2.24 bits per heavy atom. The molecule has 0 spiro atoms. The lowest BCUT2D eigenvalue weighted by atomic mass is 10.1. The van der Waals surface area contributed by atoms with Gasteiger partial charge in [0.1, 0.15) is 6.54 Å². The van der Waals surface area contributed by atoms with Crippen LogP contribution >= 0.6 is 0 Å². The van der Waals surface area contributed by atoms with Crippen LogP contribution < -0.4 is 5.32 Å². The van der Waals surface area contributed by atoms with Gasteiger partial charge in [-0.15, -0.1) is 0 Å². The molecule has 0 saturated carbocycles. The Hall–Kier alpha value is -1.29. The molecule has 17 heavy (non-hydrogen) atoms. The van der Waals surface area contributed by atoms with Gasteiger partial charge in [-0.25, -0.2) is 0 Å². The van der Waals surface area contributed by atoms with Crippen molar-refractivity contribution in [1.29, 1.82) is 0 Å². The van der Waals surface area contributed by atoms with Gasteiger partial charge in [0.2, 0.25) is 0 Å². The van der Waals surface area contributed by atoms with Crippen molar-refractivity contribution >= 4 is 5.97 Å². The van der Waals surface area contributed by atoms with Gasteiger partial charge < -0.3 is 14.6 Å². The van der Waals surface area contributed by atoms with Crippen LogP contribution in [-0.4, -0.2) is 23.7 Å². The quantitative estimate of drug-likeness (QED) is 0.772. The Bertz CT molecular complexity index is 354. The maximum absolute atomic E-state index is 11.5. The Morgan fingerprint density at radius 3 is 2.76 bits per heavy atom. The van der Waals surface area contributed by atoms with Gasteiger partial charge in [0.05, 0.1) is 6.10 Å². The molecular weight excluding hydrogens is 216 g/mol. The summed E-state index contributed by atoms with van der Waals surface area (Å²) in [5.74, 6) is -0.195. The minimum atomic E-state index is -0.195. The molecule has 0 amide bonds. The molecule has 1 rings (SSSR count). The summed E-state index contributed by atoms with van der Waals surface area (Å²) in [5, 5.41) is 3.24. The number of ether oxygens (including phenoxy) is 1. The molecule has 0 aliphatic heterocycles. The minimum absolute atomic E-state index is 0.0572. The molecule has 1 aromatic heterocycles. The van der Waals surface area contributed by atoms with Gasteiger partial charge in [0, 0.05) is 18.4 Å². The maximum Gasteiger partial charge on any atom is 0.326 e. The predicted octanol–water partition coefficient (Wildman–Crippen LogP) is 2.11. The monoisotopic (exact) mass is 238 g/mol. The van der Waals surface area contributed by atoms with E-state index in [9.17, 15) is 4.79 Å². The molecule has 1 aromatic rings. The van der Waals surface area contributed by atoms with Crippen molar-refractivity contribution in [2.75, 3.05) is 7.05 Å². The molecule has 0 aliphatic rings. The number of hydrogen-bond acceptors (Lipinski definition) is 3. The van der Waals surface area contributed by atoms with Crippen LogP contribution in [0.15, 0.2) is 18.5 Å². The fourth-order valence-corrected chi connectivity index (χ4v) is 1.82. The van der Waals surface area contributed by atoms with Crippen molar-refractivity contribution in [3.8, 4) is 0 Å². The fourth-order valence-electron chi connectivity index (χ4n) is 1.82. The molecule has 0 aromatic carbocycles. The standard InChI is InChI=1S/C13H22N2O2/c1-5-12(14-4)11-6-7-15(8-11)9-13(16)17-10(2)3/h6-8,10,12,14H,5,9H2,1-4H3. The lowest BCUT2D eigenvalue weighted by Gasteiger charge is -2.11. The van der Waals surface area contributed by atoms with E-state index in [-0.39, 0.29) is 18.6 Å². The molecule has 0 bridgehead atoms. The average Bonchev–Trinajstić information content (AvgIpc) is 2.67. The highest BCUT2D eigenvalue weighted by Gasteiger charge is 2.10. The number of nitrogens with one attached hydrogen (secondary N) is 1. The number of esters is 1. The van der Waals surface area contributed by atoms with E-state index >= 15 is 0 Å². The summed E-state index contributed by atoms with van der Waals surface area (Å²) in [7, 11) is 1.94. The van der Waals surface area contributed by atoms with Crippen LogP contribution in [-0.2, 0) is 16.1 Å². The van der Waals surface area contributed by atoms with Crippen molar-refractivity contribution in [1.82, 2.24) is 9.88 Å². The zero-order valence-corrected chi connectivity index (χ0v) is 11.1. The third kappa shape index (κ3) is 4.23. The van der Waals surface area contributed by atoms with E-state index in [1.807, 2.05) is 43.9 Å². The second-order valence-corrected chi connectivity index (χ2v) is 4.41. The van der Waals surface area contributed by atoms with Gasteiger partial charge in [0.15, 0.2) is 0 Å². The molecule has 1 unspecified atom stereocenters. The highest BCUT2D eigenvalue weighted by molar-refractivity contribution is 5.69. The van der Waals surface area contributed by atoms with Crippen LogP contribution in [0.2, 0.25) is 0 Å². The van der Waals surface area contributed by atoms with E-state index in [1.165, 1.54) is 5.56 Å². The predicted molar refractivity (Wildman–Crippen MR) is 67.8 cm³/mol. The highest BCUT2D eigenvalue weighted by atomic mass is 16.5. The Kier molecular flexibility index (Phi) is 5.22. The number of carbonyl (C=O) groups excluding carboxylic acids is 1. The summed E-state index contributed by atoms with van der Waals surface area (Å²) in [6, 6.07) is 2.38. The van der Waals surface area contributed by atoms with E-state index in [0.717, 1.165) is 6.42 Å². The number of hydrogen-bond donors (Lipinski definition) is 1. The first-order valence-corrected chi connectivity index (χ1v) is 6.09. The molecule has 1 heterocycles. The van der Waals surface area contributed by atoms with Crippen LogP contribution in [0.5, 0.6) is 0 Å². The molecule has 1 N–H and O–H groups in total. The Balaban J connectivity index is 2.59. The van der Waals surface area contributed by atoms with E-state index in [0.29, 0.717) is 6.04 Å². The van der Waals surface area contributed by atoms with E-state index < -0.39 is 0 Å². The third-order valence-corrected chi connectivity index (χ3v) is 2.61. The summed E-state index contributed by atoms with van der Waals surface area (Å²) < 4.78 is 6.96. The maximum atomic E-state index is 11.5. The Labute approximate surface area is 103 Å². The van der Waals surface area contributed by atoms with Crippen LogP contribution in [0.3, 0.4) is 0 Å². The molecule has 1 atom stereocenters. The third-order valence-electron chi connectivity index (χ3n) is 2.61. The van der Waals surface area contributed by atoms with E-state index in [2.05, 4.69) is 12.2 Å². The molecule has 0 aliphatic carbocycles. The molecule has 4 nitrogen and oxygen atoms in total. The second kappa shape index (κ2) is 6.45. The first-order valence-electron chi connectivity index (χ1n) is 6.09. The first kappa shape index (κ1) is 13.8. The summed E-state index contributed by atoms with van der Waals surface area (Å²) in [4.78, 5) is 11.5. The largest absolute Gasteiger partial charge is 0.462 e. The van der Waals surface area contributed by atoms with Gasteiger partial charge in [0.25, 0.3) is 0 Å². The summed E-state index contributed by atoms with van der Waals surface area (Å²) in [6.45, 7) is 6.12. The van der Waals surface area contributed by atoms with Crippen LogP contribution in [0.4, 0.5) is 0 Å². The Morgan fingerprint density at radius 1 is 1.53 bits per heavy atom. The lowest BCUT2D eigenvalue weighted by molar-refractivity contribution is -0.148. The second-order valence-electron chi connectivity index (χ2n) is 4.41. The number of aromatic nitrogens is 1. The fraction of sp³-hybridized carbons (Fsp3) is 0.615. The lowest BCUT2D eigenvalue weighted by Crippen LogP contribution is -2.17. The average molecular weight is 238 g/mol. The van der Waals surface area contributed by atoms with Gasteiger partial charge in [-0.2, -0.15) is 0 Å². The van der Waals surface area contributed by atoms with Crippen molar-refractivity contribution in [2.24, 2.45) is 0 Å². The molecule has 0 saturated heterocycles. The van der Waals surface area contributed by atoms with E-state index in [4.69, 9.17) is 4.74 Å². The smallest absolute Gasteiger partial charge is 0.326 e. The van der Waals surface area contributed by atoms with Crippen LogP contribution in [0, 0.1) is 0 Å². The molecule has 0 fully saturated rings. The first-order chi connectivity index (χ1) is 8.06. The van der Waals surface area contributed by atoms with E-state index in [1.54, 1.807) is 0 Å². The van der Waals surface area contributed by atoms with Gasteiger partial charge in [-0.3, -0.25) is 4.79 Å². The van der Waals surface area contributed by atoms with Crippen molar-refractivity contribution in [3.63, 3.8) is 0 Å². The number of carbonyl (C=O) groups is 1. The molecule has 4 heteroatoms. The van der Waals surface area contributed by atoms with Gasteiger partial charge >= 0.3 is 5.97 Å².